The summed E-state index contributed by atoms with van der Waals surface area (Å²) in [6.45, 7) is 7.31. The number of para-hydroxylation sites is 1. The Balaban J connectivity index is 1.12. The zero-order chi connectivity index (χ0) is 22.4. The predicted molar refractivity (Wildman–Crippen MR) is 134 cm³/mol. The number of rotatable bonds is 4. The monoisotopic (exact) mass is 460 g/mol. The minimum atomic E-state index is 0.126. The molecule has 2 aliphatic heterocycles. The predicted octanol–water partition coefficient (Wildman–Crippen LogP) is 2.82. The third-order valence-electron chi connectivity index (χ3n) is 6.96. The second-order valence-electron chi connectivity index (χ2n) is 9.11. The number of benzene rings is 1. The van der Waals surface area contributed by atoms with Crippen molar-refractivity contribution in [1.29, 1.82) is 0 Å². The van der Waals surface area contributed by atoms with Crippen molar-refractivity contribution in [3.05, 3.63) is 63.5 Å². The maximum absolute atomic E-state index is 13.2. The van der Waals surface area contributed by atoms with Gasteiger partial charge in [0.25, 0.3) is 5.56 Å². The number of hydrogen-bond acceptors (Lipinski definition) is 7. The van der Waals surface area contributed by atoms with Gasteiger partial charge in [0.1, 0.15) is 10.6 Å². The quantitative estimate of drug-likeness (QED) is 0.467. The molecule has 5 heterocycles. The van der Waals surface area contributed by atoms with Gasteiger partial charge in [-0.05, 0) is 37.2 Å². The van der Waals surface area contributed by atoms with Gasteiger partial charge in [-0.3, -0.25) is 14.3 Å². The standard InChI is InChI=1S/C25H28N6OS/c1-28-9-8-19-21(16-28)33-24-23(19)25(32)31(17-26-24)15-12-29-10-13-30(14-11-29)22-7-6-18-4-2-3-5-20(18)27-22/h2-7,17H,8-16H2,1H3. The Bertz CT molecular complexity index is 1370. The first-order valence-corrected chi connectivity index (χ1v) is 12.5. The summed E-state index contributed by atoms with van der Waals surface area (Å²) in [5, 5.41) is 2.03. The van der Waals surface area contributed by atoms with E-state index in [-0.39, 0.29) is 5.56 Å². The smallest absolute Gasteiger partial charge is 0.262 e. The molecule has 4 aromatic rings. The molecule has 7 nitrogen and oxygen atoms in total. The molecule has 3 aromatic heterocycles. The number of hydrogen-bond donors (Lipinski definition) is 0. The van der Waals surface area contributed by atoms with Crippen LogP contribution < -0.4 is 10.5 Å². The molecule has 1 saturated heterocycles. The van der Waals surface area contributed by atoms with Crippen molar-refractivity contribution in [2.24, 2.45) is 0 Å². The van der Waals surface area contributed by atoms with Crippen LogP contribution in [0.15, 0.2) is 47.5 Å². The van der Waals surface area contributed by atoms with Crippen molar-refractivity contribution in [2.75, 3.05) is 51.2 Å². The number of fused-ring (bicyclic) bond motifs is 4. The van der Waals surface area contributed by atoms with Crippen LogP contribution in [0, 0.1) is 0 Å². The highest BCUT2D eigenvalue weighted by Crippen LogP contribution is 2.31. The largest absolute Gasteiger partial charge is 0.354 e. The second kappa shape index (κ2) is 8.52. The van der Waals surface area contributed by atoms with Gasteiger partial charge in [-0.1, -0.05) is 18.2 Å². The van der Waals surface area contributed by atoms with Crippen molar-refractivity contribution < 1.29 is 0 Å². The van der Waals surface area contributed by atoms with E-state index in [4.69, 9.17) is 4.98 Å². The van der Waals surface area contributed by atoms with Crippen LogP contribution in [0.5, 0.6) is 0 Å². The SMILES string of the molecule is CN1CCc2c(sc3ncn(CCN4CCN(c5ccc6ccccc6n5)CC4)c(=O)c23)C1. The summed E-state index contributed by atoms with van der Waals surface area (Å²) < 4.78 is 1.81. The van der Waals surface area contributed by atoms with Gasteiger partial charge in [0, 0.05) is 62.6 Å². The number of pyridine rings is 1. The molecule has 0 radical (unpaired) electrons. The average Bonchev–Trinajstić information content (AvgIpc) is 3.22. The molecule has 1 aromatic carbocycles. The zero-order valence-corrected chi connectivity index (χ0v) is 19.7. The van der Waals surface area contributed by atoms with Crippen LogP contribution in [0.2, 0.25) is 0 Å². The second-order valence-corrected chi connectivity index (χ2v) is 10.2. The Morgan fingerprint density at radius 1 is 1.00 bits per heavy atom. The lowest BCUT2D eigenvalue weighted by molar-refractivity contribution is 0.246. The minimum Gasteiger partial charge on any atom is -0.354 e. The van der Waals surface area contributed by atoms with E-state index >= 15 is 0 Å². The van der Waals surface area contributed by atoms with E-state index in [0.29, 0.717) is 6.54 Å². The molecule has 0 N–H and O–H groups in total. The molecule has 1 fully saturated rings. The van der Waals surface area contributed by atoms with Crippen molar-refractivity contribution in [3.63, 3.8) is 0 Å². The maximum atomic E-state index is 13.2. The molecule has 0 unspecified atom stereocenters. The van der Waals surface area contributed by atoms with E-state index in [0.717, 1.165) is 73.8 Å². The van der Waals surface area contributed by atoms with Crippen LogP contribution in [0.1, 0.15) is 10.4 Å². The Morgan fingerprint density at radius 3 is 2.73 bits per heavy atom. The van der Waals surface area contributed by atoms with E-state index in [1.165, 1.54) is 15.8 Å². The van der Waals surface area contributed by atoms with Crippen molar-refractivity contribution in [3.8, 4) is 0 Å². The van der Waals surface area contributed by atoms with Crippen LogP contribution in [0.4, 0.5) is 5.82 Å². The number of aromatic nitrogens is 3. The van der Waals surface area contributed by atoms with Gasteiger partial charge in [-0.2, -0.15) is 0 Å². The number of likely N-dealkylation sites (N-methyl/N-ethyl adjacent to an activating group) is 1. The van der Waals surface area contributed by atoms with Gasteiger partial charge < -0.3 is 9.80 Å². The van der Waals surface area contributed by atoms with Crippen molar-refractivity contribution in [2.45, 2.75) is 19.5 Å². The molecule has 8 heteroatoms. The number of piperazine rings is 1. The lowest BCUT2D eigenvalue weighted by atomic mass is 10.1. The molecule has 2 aliphatic rings. The van der Waals surface area contributed by atoms with Crippen LogP contribution in [-0.4, -0.2) is 70.7 Å². The summed E-state index contributed by atoms with van der Waals surface area (Å²) in [4.78, 5) is 32.0. The summed E-state index contributed by atoms with van der Waals surface area (Å²) in [5.74, 6) is 1.05. The lowest BCUT2D eigenvalue weighted by Gasteiger charge is -2.35. The third-order valence-corrected chi connectivity index (χ3v) is 8.08. The van der Waals surface area contributed by atoms with Gasteiger partial charge >= 0.3 is 0 Å². The zero-order valence-electron chi connectivity index (χ0n) is 18.9. The first-order valence-electron chi connectivity index (χ1n) is 11.7. The molecule has 0 bridgehead atoms. The molecule has 6 rings (SSSR count). The first-order chi connectivity index (χ1) is 16.2. The van der Waals surface area contributed by atoms with Crippen LogP contribution in [-0.2, 0) is 19.5 Å². The lowest BCUT2D eigenvalue weighted by Crippen LogP contribution is -2.47. The summed E-state index contributed by atoms with van der Waals surface area (Å²) in [5.41, 5.74) is 2.40. The number of nitrogens with zero attached hydrogens (tertiary/aromatic N) is 6. The highest BCUT2D eigenvalue weighted by atomic mass is 32.1. The van der Waals surface area contributed by atoms with E-state index in [1.54, 1.807) is 17.7 Å². The first kappa shape index (κ1) is 20.8. The Kier molecular flexibility index (Phi) is 5.36. The summed E-state index contributed by atoms with van der Waals surface area (Å²) in [6, 6.07) is 12.5. The number of thiophene rings is 1. The van der Waals surface area contributed by atoms with Gasteiger partial charge in [0.15, 0.2) is 0 Å². The molecular weight excluding hydrogens is 432 g/mol. The summed E-state index contributed by atoms with van der Waals surface area (Å²) in [6.07, 6.45) is 2.68. The fourth-order valence-electron chi connectivity index (χ4n) is 4.99. The normalized spacial score (nSPS) is 17.7. The maximum Gasteiger partial charge on any atom is 0.262 e. The Hall–Kier alpha value is -2.81. The van der Waals surface area contributed by atoms with E-state index in [9.17, 15) is 4.79 Å². The number of anilines is 1. The molecule has 33 heavy (non-hydrogen) atoms. The van der Waals surface area contributed by atoms with Crippen molar-refractivity contribution >= 4 is 38.3 Å². The molecule has 170 valence electrons. The van der Waals surface area contributed by atoms with Gasteiger partial charge in [0.05, 0.1) is 17.2 Å². The van der Waals surface area contributed by atoms with Crippen LogP contribution >= 0.6 is 11.3 Å². The highest BCUT2D eigenvalue weighted by Gasteiger charge is 2.23. The highest BCUT2D eigenvalue weighted by molar-refractivity contribution is 7.18. The van der Waals surface area contributed by atoms with Gasteiger partial charge in [-0.15, -0.1) is 11.3 Å². The van der Waals surface area contributed by atoms with Gasteiger partial charge in [-0.25, -0.2) is 9.97 Å². The van der Waals surface area contributed by atoms with E-state index in [1.807, 2.05) is 16.7 Å². The minimum absolute atomic E-state index is 0.126. The molecule has 0 amide bonds. The fourth-order valence-corrected chi connectivity index (χ4v) is 6.24. The van der Waals surface area contributed by atoms with Gasteiger partial charge in [0.2, 0.25) is 0 Å². The Morgan fingerprint density at radius 2 is 1.85 bits per heavy atom. The van der Waals surface area contributed by atoms with Crippen LogP contribution in [0.3, 0.4) is 0 Å². The fraction of sp³-hybridized carbons (Fsp3) is 0.400. The summed E-state index contributed by atoms with van der Waals surface area (Å²) >= 11 is 1.68. The Labute approximate surface area is 196 Å². The topological polar surface area (TPSA) is 57.5 Å². The summed E-state index contributed by atoms with van der Waals surface area (Å²) in [7, 11) is 2.13. The van der Waals surface area contributed by atoms with Crippen LogP contribution in [0.25, 0.3) is 21.1 Å². The molecule has 0 aliphatic carbocycles. The van der Waals surface area contributed by atoms with Crippen molar-refractivity contribution in [1.82, 2.24) is 24.3 Å². The molecule has 0 spiro atoms. The molecule has 0 saturated carbocycles. The molecular formula is C25H28N6OS. The van der Waals surface area contributed by atoms with E-state index in [2.05, 4.69) is 51.0 Å². The average molecular weight is 461 g/mol. The third kappa shape index (κ3) is 3.92. The van der Waals surface area contributed by atoms with E-state index < -0.39 is 0 Å². The molecule has 0 atom stereocenters.